The fraction of sp³-hybridized carbons (Fsp3) is 0.190. The van der Waals surface area contributed by atoms with Crippen LogP contribution in [0.4, 0.5) is 17.3 Å². The zero-order valence-corrected chi connectivity index (χ0v) is 15.6. The van der Waals surface area contributed by atoms with E-state index in [0.717, 1.165) is 16.9 Å². The van der Waals surface area contributed by atoms with E-state index in [1.165, 1.54) is 0 Å². The summed E-state index contributed by atoms with van der Waals surface area (Å²) in [6.07, 6.45) is 0. The molecular formula is C21H22N4O2. The summed E-state index contributed by atoms with van der Waals surface area (Å²) in [5.74, 6) is 0.768. The zero-order chi connectivity index (χ0) is 19.2. The van der Waals surface area contributed by atoms with Crippen molar-refractivity contribution in [3.8, 4) is 5.75 Å². The predicted molar refractivity (Wildman–Crippen MR) is 107 cm³/mol. The molecule has 0 spiro atoms. The van der Waals surface area contributed by atoms with Gasteiger partial charge in [0.25, 0.3) is 5.91 Å². The summed E-state index contributed by atoms with van der Waals surface area (Å²) in [5.41, 5.74) is 3.48. The third kappa shape index (κ3) is 4.61. The van der Waals surface area contributed by atoms with Crippen LogP contribution in [-0.2, 0) is 0 Å². The number of anilines is 3. The highest BCUT2D eigenvalue weighted by atomic mass is 16.5. The molecule has 27 heavy (non-hydrogen) atoms. The SMILES string of the molecule is CCOc1ccccc1Nc1nc(C)cc(C(=O)Nc2ccccc2C)n1. The van der Waals surface area contributed by atoms with Gasteiger partial charge in [-0.05, 0) is 50.6 Å². The topological polar surface area (TPSA) is 76.1 Å². The molecule has 0 saturated heterocycles. The fourth-order valence-electron chi connectivity index (χ4n) is 2.61. The summed E-state index contributed by atoms with van der Waals surface area (Å²) in [6, 6.07) is 16.8. The number of para-hydroxylation sites is 3. The molecule has 0 fully saturated rings. The number of aryl methyl sites for hydroxylation is 2. The maximum atomic E-state index is 12.6. The van der Waals surface area contributed by atoms with E-state index in [0.29, 0.717) is 29.7 Å². The van der Waals surface area contributed by atoms with Gasteiger partial charge in [-0.25, -0.2) is 9.97 Å². The van der Waals surface area contributed by atoms with Gasteiger partial charge in [-0.2, -0.15) is 0 Å². The molecule has 2 N–H and O–H groups in total. The quantitative estimate of drug-likeness (QED) is 0.676. The van der Waals surface area contributed by atoms with Crippen molar-refractivity contribution in [1.82, 2.24) is 9.97 Å². The molecule has 0 saturated carbocycles. The number of hydrogen-bond donors (Lipinski definition) is 2. The van der Waals surface area contributed by atoms with Crippen LogP contribution in [0.2, 0.25) is 0 Å². The summed E-state index contributed by atoms with van der Waals surface area (Å²) in [4.78, 5) is 21.4. The second-order valence-electron chi connectivity index (χ2n) is 6.04. The number of carbonyl (C=O) groups is 1. The summed E-state index contributed by atoms with van der Waals surface area (Å²) in [6.45, 7) is 6.25. The maximum Gasteiger partial charge on any atom is 0.274 e. The summed E-state index contributed by atoms with van der Waals surface area (Å²) in [5, 5.41) is 6.04. The van der Waals surface area contributed by atoms with Crippen LogP contribution >= 0.6 is 0 Å². The van der Waals surface area contributed by atoms with Gasteiger partial charge in [-0.1, -0.05) is 30.3 Å². The van der Waals surface area contributed by atoms with E-state index in [4.69, 9.17) is 4.74 Å². The van der Waals surface area contributed by atoms with Gasteiger partial charge in [-0.15, -0.1) is 0 Å². The zero-order valence-electron chi connectivity index (χ0n) is 15.6. The van der Waals surface area contributed by atoms with E-state index in [1.807, 2.05) is 69.3 Å². The Labute approximate surface area is 158 Å². The molecule has 6 heteroatoms. The van der Waals surface area contributed by atoms with Crippen LogP contribution in [-0.4, -0.2) is 22.5 Å². The third-order valence-corrected chi connectivity index (χ3v) is 3.91. The van der Waals surface area contributed by atoms with Crippen LogP contribution in [0.5, 0.6) is 5.75 Å². The fourth-order valence-corrected chi connectivity index (χ4v) is 2.61. The minimum atomic E-state index is -0.282. The Morgan fingerprint density at radius 3 is 2.44 bits per heavy atom. The molecule has 2 aromatic carbocycles. The Hall–Kier alpha value is -3.41. The van der Waals surface area contributed by atoms with Gasteiger partial charge < -0.3 is 15.4 Å². The van der Waals surface area contributed by atoms with Crippen molar-refractivity contribution in [2.24, 2.45) is 0 Å². The van der Waals surface area contributed by atoms with E-state index in [1.54, 1.807) is 6.07 Å². The van der Waals surface area contributed by atoms with Crippen LogP contribution in [0.15, 0.2) is 54.6 Å². The van der Waals surface area contributed by atoms with Gasteiger partial charge in [0.15, 0.2) is 0 Å². The van der Waals surface area contributed by atoms with Gasteiger partial charge in [0, 0.05) is 11.4 Å². The number of benzene rings is 2. The van der Waals surface area contributed by atoms with Gasteiger partial charge in [0.05, 0.1) is 12.3 Å². The first-order chi connectivity index (χ1) is 13.1. The summed E-state index contributed by atoms with van der Waals surface area (Å²) < 4.78 is 5.61. The molecule has 1 aromatic heterocycles. The normalized spacial score (nSPS) is 10.3. The Kier molecular flexibility index (Phi) is 5.66. The van der Waals surface area contributed by atoms with Crippen molar-refractivity contribution in [1.29, 1.82) is 0 Å². The van der Waals surface area contributed by atoms with E-state index in [9.17, 15) is 4.79 Å². The third-order valence-electron chi connectivity index (χ3n) is 3.91. The number of hydrogen-bond acceptors (Lipinski definition) is 5. The number of aromatic nitrogens is 2. The molecule has 0 radical (unpaired) electrons. The first-order valence-electron chi connectivity index (χ1n) is 8.78. The van der Waals surface area contributed by atoms with E-state index in [-0.39, 0.29) is 5.91 Å². The average Bonchev–Trinajstić information content (AvgIpc) is 2.65. The molecule has 3 rings (SSSR count). The van der Waals surface area contributed by atoms with Gasteiger partial charge >= 0.3 is 0 Å². The summed E-state index contributed by atoms with van der Waals surface area (Å²) in [7, 11) is 0. The largest absolute Gasteiger partial charge is 0.492 e. The number of ether oxygens (including phenoxy) is 1. The van der Waals surface area contributed by atoms with Crippen molar-refractivity contribution in [3.63, 3.8) is 0 Å². The van der Waals surface area contributed by atoms with Crippen molar-refractivity contribution < 1.29 is 9.53 Å². The molecule has 1 heterocycles. The lowest BCUT2D eigenvalue weighted by molar-refractivity contribution is 0.102. The van der Waals surface area contributed by atoms with Gasteiger partial charge in [0.2, 0.25) is 5.95 Å². The van der Waals surface area contributed by atoms with Crippen molar-refractivity contribution in [2.45, 2.75) is 20.8 Å². The highest BCUT2D eigenvalue weighted by molar-refractivity contribution is 6.03. The number of carbonyl (C=O) groups excluding carboxylic acids is 1. The molecule has 1 amide bonds. The Balaban J connectivity index is 1.84. The van der Waals surface area contributed by atoms with Crippen molar-refractivity contribution in [2.75, 3.05) is 17.2 Å². The molecule has 0 aliphatic heterocycles. The molecule has 0 aliphatic carbocycles. The lowest BCUT2D eigenvalue weighted by Gasteiger charge is -2.12. The smallest absolute Gasteiger partial charge is 0.274 e. The number of rotatable bonds is 6. The predicted octanol–water partition coefficient (Wildman–Crippen LogP) is 4.49. The molecule has 0 unspecified atom stereocenters. The molecule has 0 aliphatic rings. The Morgan fingerprint density at radius 1 is 1.00 bits per heavy atom. The first-order valence-corrected chi connectivity index (χ1v) is 8.78. The second kappa shape index (κ2) is 8.31. The number of amides is 1. The molecule has 0 atom stereocenters. The van der Waals surface area contributed by atoms with Gasteiger partial charge in [0.1, 0.15) is 11.4 Å². The van der Waals surface area contributed by atoms with E-state index >= 15 is 0 Å². The lowest BCUT2D eigenvalue weighted by atomic mass is 10.2. The van der Waals surface area contributed by atoms with Gasteiger partial charge in [-0.3, -0.25) is 4.79 Å². The molecule has 3 aromatic rings. The number of nitrogens with one attached hydrogen (secondary N) is 2. The van der Waals surface area contributed by atoms with Crippen LogP contribution in [0.3, 0.4) is 0 Å². The first kappa shape index (κ1) is 18.4. The monoisotopic (exact) mass is 362 g/mol. The van der Waals surface area contributed by atoms with Crippen LogP contribution in [0, 0.1) is 13.8 Å². The molecular weight excluding hydrogens is 340 g/mol. The second-order valence-corrected chi connectivity index (χ2v) is 6.04. The van der Waals surface area contributed by atoms with Crippen molar-refractivity contribution >= 4 is 23.2 Å². The van der Waals surface area contributed by atoms with E-state index < -0.39 is 0 Å². The van der Waals surface area contributed by atoms with Crippen LogP contribution in [0.1, 0.15) is 28.7 Å². The van der Waals surface area contributed by atoms with E-state index in [2.05, 4.69) is 20.6 Å². The average molecular weight is 362 g/mol. The highest BCUT2D eigenvalue weighted by Crippen LogP contribution is 2.26. The minimum absolute atomic E-state index is 0.282. The molecule has 6 nitrogen and oxygen atoms in total. The summed E-state index contributed by atoms with van der Waals surface area (Å²) >= 11 is 0. The maximum absolute atomic E-state index is 12.6. The molecule has 138 valence electrons. The Bertz CT molecular complexity index is 956. The Morgan fingerprint density at radius 2 is 1.70 bits per heavy atom. The molecule has 0 bridgehead atoms. The number of nitrogens with zero attached hydrogens (tertiary/aromatic N) is 2. The highest BCUT2D eigenvalue weighted by Gasteiger charge is 2.13. The minimum Gasteiger partial charge on any atom is -0.492 e. The lowest BCUT2D eigenvalue weighted by Crippen LogP contribution is -2.16. The standard InChI is InChI=1S/C21H22N4O2/c1-4-27-19-12-8-7-11-17(19)24-21-22-15(3)13-18(25-21)20(26)23-16-10-6-5-9-14(16)2/h5-13H,4H2,1-3H3,(H,23,26)(H,22,24,25). The van der Waals surface area contributed by atoms with Crippen molar-refractivity contribution in [3.05, 3.63) is 71.5 Å². The van der Waals surface area contributed by atoms with Crippen LogP contribution in [0.25, 0.3) is 0 Å². The van der Waals surface area contributed by atoms with Crippen LogP contribution < -0.4 is 15.4 Å².